The second kappa shape index (κ2) is 7.09. The quantitative estimate of drug-likeness (QED) is 0.508. The zero-order valence-electron chi connectivity index (χ0n) is 11.5. The number of hydrogen-bond acceptors (Lipinski definition) is 4. The third kappa shape index (κ3) is 3.84. The molecule has 1 heterocycles. The van der Waals surface area contributed by atoms with Crippen LogP contribution < -0.4 is 10.2 Å². The van der Waals surface area contributed by atoms with E-state index in [4.69, 9.17) is 17.0 Å². The maximum atomic E-state index is 9.73. The number of rotatable bonds is 3. The third-order valence-corrected chi connectivity index (χ3v) is 3.59. The summed E-state index contributed by atoms with van der Waals surface area (Å²) in [7, 11) is 1.58. The fourth-order valence-electron chi connectivity index (χ4n) is 2.09. The standard InChI is InChI=1S/C14H19N3O2S/c1-19-12-5-6-13(18)11(9-12)10-15-16-14(20)17-7-3-2-4-8-17/h5-6,9-10,18H,2-4,7-8H2,1H3,(H,16,20)/b15-10+. The molecule has 20 heavy (non-hydrogen) atoms. The highest BCUT2D eigenvalue weighted by Crippen LogP contribution is 2.20. The van der Waals surface area contributed by atoms with Gasteiger partial charge in [-0.1, -0.05) is 0 Å². The Morgan fingerprint density at radius 2 is 2.15 bits per heavy atom. The van der Waals surface area contributed by atoms with E-state index in [1.54, 1.807) is 25.3 Å². The van der Waals surface area contributed by atoms with E-state index in [-0.39, 0.29) is 5.75 Å². The number of methoxy groups -OCH3 is 1. The lowest BCUT2D eigenvalue weighted by molar-refractivity contribution is 0.338. The Labute approximate surface area is 124 Å². The van der Waals surface area contributed by atoms with Crippen LogP contribution in [0, 0.1) is 0 Å². The van der Waals surface area contributed by atoms with Crippen molar-refractivity contribution in [2.75, 3.05) is 20.2 Å². The van der Waals surface area contributed by atoms with Gasteiger partial charge in [0, 0.05) is 18.7 Å². The molecular weight excluding hydrogens is 274 g/mol. The predicted octanol–water partition coefficient (Wildman–Crippen LogP) is 2.10. The van der Waals surface area contributed by atoms with Gasteiger partial charge in [0.1, 0.15) is 11.5 Å². The van der Waals surface area contributed by atoms with Crippen molar-refractivity contribution in [3.63, 3.8) is 0 Å². The normalized spacial score (nSPS) is 15.3. The number of hydrazone groups is 1. The van der Waals surface area contributed by atoms with Crippen molar-refractivity contribution in [2.45, 2.75) is 19.3 Å². The van der Waals surface area contributed by atoms with Gasteiger partial charge in [0.05, 0.1) is 13.3 Å². The number of thiocarbonyl (C=S) groups is 1. The highest BCUT2D eigenvalue weighted by Gasteiger charge is 2.12. The molecule has 0 amide bonds. The molecule has 108 valence electrons. The number of phenolic OH excluding ortho intramolecular Hbond substituents is 1. The molecule has 0 unspecified atom stereocenters. The first-order chi connectivity index (χ1) is 9.70. The molecule has 1 aromatic carbocycles. The zero-order valence-corrected chi connectivity index (χ0v) is 12.3. The molecule has 0 aromatic heterocycles. The van der Waals surface area contributed by atoms with Crippen LogP contribution in [0.25, 0.3) is 0 Å². The van der Waals surface area contributed by atoms with Crippen LogP contribution in [-0.2, 0) is 0 Å². The molecule has 0 aliphatic carbocycles. The van der Waals surface area contributed by atoms with Gasteiger partial charge in [0.25, 0.3) is 0 Å². The minimum absolute atomic E-state index is 0.153. The van der Waals surface area contributed by atoms with Gasteiger partial charge in [-0.3, -0.25) is 5.43 Å². The SMILES string of the molecule is COc1ccc(O)c(/C=N/NC(=S)N2CCCCC2)c1. The molecule has 0 bridgehead atoms. The molecule has 2 rings (SSSR count). The summed E-state index contributed by atoms with van der Waals surface area (Å²) < 4.78 is 5.11. The molecule has 1 fully saturated rings. The zero-order chi connectivity index (χ0) is 14.4. The number of benzene rings is 1. The van der Waals surface area contributed by atoms with Crippen LogP contribution in [0.2, 0.25) is 0 Å². The smallest absolute Gasteiger partial charge is 0.189 e. The van der Waals surface area contributed by atoms with Gasteiger partial charge in [0.15, 0.2) is 5.11 Å². The summed E-state index contributed by atoms with van der Waals surface area (Å²) in [4.78, 5) is 2.11. The number of aromatic hydroxyl groups is 1. The van der Waals surface area contributed by atoms with Crippen molar-refractivity contribution in [3.8, 4) is 11.5 Å². The van der Waals surface area contributed by atoms with E-state index >= 15 is 0 Å². The van der Waals surface area contributed by atoms with Gasteiger partial charge < -0.3 is 14.7 Å². The van der Waals surface area contributed by atoms with Crippen molar-refractivity contribution < 1.29 is 9.84 Å². The van der Waals surface area contributed by atoms with Crippen LogP contribution in [0.5, 0.6) is 11.5 Å². The highest BCUT2D eigenvalue weighted by atomic mass is 32.1. The molecule has 1 aromatic rings. The summed E-state index contributed by atoms with van der Waals surface area (Å²) in [5.41, 5.74) is 3.42. The van der Waals surface area contributed by atoms with E-state index in [2.05, 4.69) is 15.4 Å². The second-order valence-corrected chi connectivity index (χ2v) is 5.03. The number of phenols is 1. The van der Waals surface area contributed by atoms with Gasteiger partial charge in [-0.25, -0.2) is 0 Å². The monoisotopic (exact) mass is 293 g/mol. The van der Waals surface area contributed by atoms with Crippen LogP contribution in [-0.4, -0.2) is 41.5 Å². The summed E-state index contributed by atoms with van der Waals surface area (Å²) >= 11 is 5.28. The molecule has 0 spiro atoms. The predicted molar refractivity (Wildman–Crippen MR) is 83.4 cm³/mol. The maximum absolute atomic E-state index is 9.73. The van der Waals surface area contributed by atoms with Crippen LogP contribution in [0.1, 0.15) is 24.8 Å². The second-order valence-electron chi connectivity index (χ2n) is 4.65. The van der Waals surface area contributed by atoms with Gasteiger partial charge in [-0.15, -0.1) is 0 Å². The topological polar surface area (TPSA) is 57.1 Å². The van der Waals surface area contributed by atoms with Gasteiger partial charge in [-0.05, 0) is 49.7 Å². The maximum Gasteiger partial charge on any atom is 0.189 e. The molecule has 0 atom stereocenters. The lowest BCUT2D eigenvalue weighted by atomic mass is 10.1. The van der Waals surface area contributed by atoms with E-state index in [1.165, 1.54) is 25.5 Å². The Morgan fingerprint density at radius 3 is 2.85 bits per heavy atom. The largest absolute Gasteiger partial charge is 0.507 e. The summed E-state index contributed by atoms with van der Waals surface area (Å²) in [6.45, 7) is 1.96. The van der Waals surface area contributed by atoms with Crippen molar-refractivity contribution in [1.82, 2.24) is 10.3 Å². The van der Waals surface area contributed by atoms with Crippen molar-refractivity contribution >= 4 is 23.5 Å². The lowest BCUT2D eigenvalue weighted by Gasteiger charge is -2.28. The fourth-order valence-corrected chi connectivity index (χ4v) is 2.32. The van der Waals surface area contributed by atoms with E-state index in [1.807, 2.05) is 0 Å². The van der Waals surface area contributed by atoms with Gasteiger partial charge in [0.2, 0.25) is 0 Å². The third-order valence-electron chi connectivity index (χ3n) is 3.24. The van der Waals surface area contributed by atoms with E-state index in [0.717, 1.165) is 13.1 Å². The summed E-state index contributed by atoms with van der Waals surface area (Å²) in [6, 6.07) is 4.98. The van der Waals surface area contributed by atoms with E-state index < -0.39 is 0 Å². The molecule has 0 radical (unpaired) electrons. The molecule has 6 heteroatoms. The Balaban J connectivity index is 1.94. The first-order valence-electron chi connectivity index (χ1n) is 6.65. The summed E-state index contributed by atoms with van der Waals surface area (Å²) in [5, 5.41) is 14.4. The average Bonchev–Trinajstić information content (AvgIpc) is 2.50. The minimum atomic E-state index is 0.153. The number of hydrogen-bond donors (Lipinski definition) is 2. The van der Waals surface area contributed by atoms with Gasteiger partial charge >= 0.3 is 0 Å². The van der Waals surface area contributed by atoms with Crippen molar-refractivity contribution in [3.05, 3.63) is 23.8 Å². The van der Waals surface area contributed by atoms with Crippen molar-refractivity contribution in [2.24, 2.45) is 5.10 Å². The molecule has 1 aliphatic rings. The molecule has 0 saturated carbocycles. The first kappa shape index (κ1) is 14.6. The molecule has 2 N–H and O–H groups in total. The van der Waals surface area contributed by atoms with E-state index in [0.29, 0.717) is 16.4 Å². The Hall–Kier alpha value is -1.82. The Morgan fingerprint density at radius 1 is 1.40 bits per heavy atom. The van der Waals surface area contributed by atoms with Crippen LogP contribution in [0.15, 0.2) is 23.3 Å². The van der Waals surface area contributed by atoms with Crippen LogP contribution in [0.3, 0.4) is 0 Å². The van der Waals surface area contributed by atoms with E-state index in [9.17, 15) is 5.11 Å². The molecule has 1 aliphatic heterocycles. The summed E-state index contributed by atoms with van der Waals surface area (Å²) in [5.74, 6) is 0.822. The molecule has 5 nitrogen and oxygen atoms in total. The van der Waals surface area contributed by atoms with Crippen LogP contribution in [0.4, 0.5) is 0 Å². The number of nitrogens with one attached hydrogen (secondary N) is 1. The Kier molecular flexibility index (Phi) is 5.17. The van der Waals surface area contributed by atoms with Crippen molar-refractivity contribution in [1.29, 1.82) is 0 Å². The Bertz CT molecular complexity index is 499. The summed E-state index contributed by atoms with van der Waals surface area (Å²) in [6.07, 6.45) is 5.14. The molecule has 1 saturated heterocycles. The lowest BCUT2D eigenvalue weighted by Crippen LogP contribution is -2.40. The molecular formula is C14H19N3O2S. The van der Waals surface area contributed by atoms with Gasteiger partial charge in [-0.2, -0.15) is 5.10 Å². The number of ether oxygens (including phenoxy) is 1. The average molecular weight is 293 g/mol. The minimum Gasteiger partial charge on any atom is -0.507 e. The number of likely N-dealkylation sites (tertiary alicyclic amines) is 1. The number of nitrogens with zero attached hydrogens (tertiary/aromatic N) is 2. The number of piperidine rings is 1. The first-order valence-corrected chi connectivity index (χ1v) is 7.06. The fraction of sp³-hybridized carbons (Fsp3) is 0.429. The van der Waals surface area contributed by atoms with Crippen LogP contribution >= 0.6 is 12.2 Å². The highest BCUT2D eigenvalue weighted by molar-refractivity contribution is 7.80.